The van der Waals surface area contributed by atoms with Gasteiger partial charge in [0.1, 0.15) is 0 Å². The van der Waals surface area contributed by atoms with Crippen molar-refractivity contribution in [2.75, 3.05) is 27.3 Å². The maximum absolute atomic E-state index is 12.3. The summed E-state index contributed by atoms with van der Waals surface area (Å²) in [6.07, 6.45) is 3.33. The second-order valence-electron chi connectivity index (χ2n) is 6.53. The SMILES string of the molecule is COc1ccc(/C=C/C(=O)N2CC(c3nc(C(C)C)no3)C2)cc1OC. The molecule has 0 radical (unpaired) electrons. The highest BCUT2D eigenvalue weighted by Gasteiger charge is 2.34. The zero-order valence-electron chi connectivity index (χ0n) is 15.4. The predicted molar refractivity (Wildman–Crippen MR) is 96.3 cm³/mol. The van der Waals surface area contributed by atoms with Crippen LogP contribution in [0, 0.1) is 0 Å². The highest BCUT2D eigenvalue weighted by Crippen LogP contribution is 2.29. The summed E-state index contributed by atoms with van der Waals surface area (Å²) in [6, 6.07) is 5.51. The van der Waals surface area contributed by atoms with E-state index in [4.69, 9.17) is 14.0 Å². The normalized spacial score (nSPS) is 14.7. The number of hydrogen-bond acceptors (Lipinski definition) is 6. The standard InChI is InChI=1S/C19H23N3O4/c1-12(2)18-20-19(26-21-18)14-10-22(11-14)17(23)8-6-13-5-7-15(24-3)16(9-13)25-4/h5-9,12,14H,10-11H2,1-4H3/b8-6+. The topological polar surface area (TPSA) is 77.7 Å². The van der Waals surface area contributed by atoms with Crippen molar-refractivity contribution in [2.24, 2.45) is 0 Å². The van der Waals surface area contributed by atoms with Crippen LogP contribution in [0.5, 0.6) is 11.5 Å². The number of likely N-dealkylation sites (tertiary alicyclic amines) is 1. The fourth-order valence-corrected chi connectivity index (χ4v) is 2.69. The van der Waals surface area contributed by atoms with Crippen LogP contribution in [0.1, 0.15) is 43.0 Å². The van der Waals surface area contributed by atoms with Gasteiger partial charge in [0, 0.05) is 25.1 Å². The summed E-state index contributed by atoms with van der Waals surface area (Å²) in [5.41, 5.74) is 0.867. The minimum atomic E-state index is -0.0420. The van der Waals surface area contributed by atoms with E-state index in [0.29, 0.717) is 36.3 Å². The first-order valence-electron chi connectivity index (χ1n) is 8.54. The lowest BCUT2D eigenvalue weighted by atomic mass is 10.00. The second kappa shape index (κ2) is 7.59. The molecule has 3 rings (SSSR count). The van der Waals surface area contributed by atoms with Gasteiger partial charge in [0.15, 0.2) is 17.3 Å². The first kappa shape index (κ1) is 18.0. The van der Waals surface area contributed by atoms with Gasteiger partial charge < -0.3 is 18.9 Å². The molecule has 1 aromatic heterocycles. The number of carbonyl (C=O) groups is 1. The highest BCUT2D eigenvalue weighted by atomic mass is 16.5. The number of benzene rings is 1. The molecular formula is C19H23N3O4. The first-order chi connectivity index (χ1) is 12.5. The molecule has 0 atom stereocenters. The molecule has 1 aliphatic heterocycles. The maximum Gasteiger partial charge on any atom is 0.246 e. The Morgan fingerprint density at radius 3 is 2.62 bits per heavy atom. The van der Waals surface area contributed by atoms with Crippen molar-refractivity contribution in [1.29, 1.82) is 0 Å². The molecule has 2 heterocycles. The molecule has 1 fully saturated rings. The lowest BCUT2D eigenvalue weighted by Crippen LogP contribution is -2.47. The predicted octanol–water partition coefficient (Wildman–Crippen LogP) is 2.85. The van der Waals surface area contributed by atoms with Gasteiger partial charge in [-0.15, -0.1) is 0 Å². The number of carbonyl (C=O) groups excluding carboxylic acids is 1. The second-order valence-corrected chi connectivity index (χ2v) is 6.53. The van der Waals surface area contributed by atoms with Crippen molar-refractivity contribution in [1.82, 2.24) is 15.0 Å². The smallest absolute Gasteiger partial charge is 0.246 e. The van der Waals surface area contributed by atoms with Gasteiger partial charge in [-0.3, -0.25) is 4.79 Å². The van der Waals surface area contributed by atoms with E-state index in [-0.39, 0.29) is 17.7 Å². The lowest BCUT2D eigenvalue weighted by Gasteiger charge is -2.36. The molecule has 7 heteroatoms. The average Bonchev–Trinajstić information content (AvgIpc) is 3.08. The molecule has 7 nitrogen and oxygen atoms in total. The molecule has 138 valence electrons. The zero-order valence-corrected chi connectivity index (χ0v) is 15.4. The molecule has 1 amide bonds. The molecule has 0 aliphatic carbocycles. The van der Waals surface area contributed by atoms with Crippen LogP contribution in [0.2, 0.25) is 0 Å². The molecule has 0 saturated carbocycles. The summed E-state index contributed by atoms with van der Waals surface area (Å²) in [5.74, 6) is 2.91. The average molecular weight is 357 g/mol. The molecular weight excluding hydrogens is 334 g/mol. The third kappa shape index (κ3) is 3.71. The summed E-state index contributed by atoms with van der Waals surface area (Å²) in [6.45, 7) is 5.22. The van der Waals surface area contributed by atoms with Crippen LogP contribution in [-0.4, -0.2) is 48.3 Å². The molecule has 1 saturated heterocycles. The van der Waals surface area contributed by atoms with Gasteiger partial charge in [0.25, 0.3) is 0 Å². The first-order valence-corrected chi connectivity index (χ1v) is 8.54. The number of hydrogen-bond donors (Lipinski definition) is 0. The molecule has 0 N–H and O–H groups in total. The number of methoxy groups -OCH3 is 2. The maximum atomic E-state index is 12.3. The van der Waals surface area contributed by atoms with Gasteiger partial charge in [-0.2, -0.15) is 4.98 Å². The van der Waals surface area contributed by atoms with Crippen LogP contribution in [-0.2, 0) is 4.79 Å². The minimum absolute atomic E-state index is 0.0420. The third-order valence-electron chi connectivity index (χ3n) is 4.34. The van der Waals surface area contributed by atoms with Gasteiger partial charge in [-0.05, 0) is 23.8 Å². The summed E-state index contributed by atoms with van der Waals surface area (Å²) < 4.78 is 15.8. The molecule has 1 aliphatic rings. The monoisotopic (exact) mass is 357 g/mol. The van der Waals surface area contributed by atoms with Crippen molar-refractivity contribution >= 4 is 12.0 Å². The number of amides is 1. The van der Waals surface area contributed by atoms with Crippen molar-refractivity contribution in [3.63, 3.8) is 0 Å². The van der Waals surface area contributed by atoms with E-state index in [2.05, 4.69) is 10.1 Å². The van der Waals surface area contributed by atoms with Crippen LogP contribution in [0.3, 0.4) is 0 Å². The van der Waals surface area contributed by atoms with E-state index in [1.807, 2.05) is 32.0 Å². The van der Waals surface area contributed by atoms with E-state index in [0.717, 1.165) is 5.56 Å². The van der Waals surface area contributed by atoms with Crippen LogP contribution in [0.4, 0.5) is 0 Å². The Kier molecular flexibility index (Phi) is 5.25. The molecule has 0 bridgehead atoms. The lowest BCUT2D eigenvalue weighted by molar-refractivity contribution is -0.130. The number of aromatic nitrogens is 2. The van der Waals surface area contributed by atoms with Crippen molar-refractivity contribution in [3.05, 3.63) is 41.6 Å². The highest BCUT2D eigenvalue weighted by molar-refractivity contribution is 5.92. The van der Waals surface area contributed by atoms with Gasteiger partial charge in [-0.1, -0.05) is 25.1 Å². The largest absolute Gasteiger partial charge is 0.493 e. The van der Waals surface area contributed by atoms with Gasteiger partial charge in [0.05, 0.1) is 20.1 Å². The fourth-order valence-electron chi connectivity index (χ4n) is 2.69. The number of rotatable bonds is 6. The summed E-state index contributed by atoms with van der Waals surface area (Å²) in [4.78, 5) is 18.4. The Morgan fingerprint density at radius 1 is 1.27 bits per heavy atom. The van der Waals surface area contributed by atoms with Crippen LogP contribution in [0.15, 0.2) is 28.8 Å². The molecule has 0 spiro atoms. The summed E-state index contributed by atoms with van der Waals surface area (Å²) in [7, 11) is 3.17. The van der Waals surface area contributed by atoms with Crippen molar-refractivity contribution in [2.45, 2.75) is 25.7 Å². The Bertz CT molecular complexity index is 807. The van der Waals surface area contributed by atoms with E-state index in [9.17, 15) is 4.79 Å². The summed E-state index contributed by atoms with van der Waals surface area (Å²) in [5, 5.41) is 3.97. The molecule has 0 unspecified atom stereocenters. The van der Waals surface area contributed by atoms with Gasteiger partial charge in [-0.25, -0.2) is 0 Å². The van der Waals surface area contributed by atoms with Crippen molar-refractivity contribution < 1.29 is 18.8 Å². The van der Waals surface area contributed by atoms with E-state index in [1.54, 1.807) is 31.3 Å². The van der Waals surface area contributed by atoms with E-state index < -0.39 is 0 Å². The Morgan fingerprint density at radius 2 is 2.00 bits per heavy atom. The quantitative estimate of drug-likeness (QED) is 0.740. The fraction of sp³-hybridized carbons (Fsp3) is 0.421. The van der Waals surface area contributed by atoms with Gasteiger partial charge in [0.2, 0.25) is 11.8 Å². The Balaban J connectivity index is 1.57. The molecule has 26 heavy (non-hydrogen) atoms. The van der Waals surface area contributed by atoms with Crippen LogP contribution >= 0.6 is 0 Å². The molecule has 2 aromatic rings. The van der Waals surface area contributed by atoms with Crippen LogP contribution in [0.25, 0.3) is 6.08 Å². The summed E-state index contributed by atoms with van der Waals surface area (Å²) >= 11 is 0. The Labute approximate surface area is 152 Å². The number of nitrogens with zero attached hydrogens (tertiary/aromatic N) is 3. The van der Waals surface area contributed by atoms with E-state index >= 15 is 0 Å². The minimum Gasteiger partial charge on any atom is -0.493 e. The molecule has 1 aromatic carbocycles. The van der Waals surface area contributed by atoms with Crippen molar-refractivity contribution in [3.8, 4) is 11.5 Å². The Hall–Kier alpha value is -2.83. The van der Waals surface area contributed by atoms with Gasteiger partial charge >= 0.3 is 0 Å². The van der Waals surface area contributed by atoms with E-state index in [1.165, 1.54) is 0 Å². The third-order valence-corrected chi connectivity index (χ3v) is 4.34. The number of ether oxygens (including phenoxy) is 2. The zero-order chi connectivity index (χ0) is 18.7. The van der Waals surface area contributed by atoms with Crippen LogP contribution < -0.4 is 9.47 Å².